The predicted octanol–water partition coefficient (Wildman–Crippen LogP) is 0.753. The molecular weight excluding hydrogens is 186 g/mol. The van der Waals surface area contributed by atoms with Crippen LogP contribution in [0.2, 0.25) is 0 Å². The van der Waals surface area contributed by atoms with Gasteiger partial charge in [-0.05, 0) is 12.8 Å². The average molecular weight is 201 g/mol. The Morgan fingerprint density at radius 3 is 2.36 bits per heavy atom. The highest BCUT2D eigenvalue weighted by Crippen LogP contribution is 2.21. The first-order chi connectivity index (χ1) is 6.61. The zero-order chi connectivity index (χ0) is 10.6. The zero-order valence-electron chi connectivity index (χ0n) is 8.12. The molecule has 14 heavy (non-hydrogen) atoms. The van der Waals surface area contributed by atoms with E-state index in [-0.39, 0.29) is 6.04 Å². The Balaban J connectivity index is 2.31. The fraction of sp³-hybridized carbons (Fsp3) is 0.750. The van der Waals surface area contributed by atoms with Crippen molar-refractivity contribution in [3.63, 3.8) is 0 Å². The van der Waals surface area contributed by atoms with E-state index in [9.17, 15) is 9.59 Å². The number of nitrogens with zero attached hydrogens (tertiary/aromatic N) is 1. The van der Waals surface area contributed by atoms with Crippen molar-refractivity contribution in [2.45, 2.75) is 31.7 Å². The highest BCUT2D eigenvalue weighted by Gasteiger charge is 2.23. The molecule has 6 nitrogen and oxygen atoms in total. The van der Waals surface area contributed by atoms with Crippen molar-refractivity contribution in [3.05, 3.63) is 0 Å². The summed E-state index contributed by atoms with van der Waals surface area (Å²) in [7, 11) is 1.68. The van der Waals surface area contributed by atoms with Crippen LogP contribution in [0.25, 0.3) is 0 Å². The van der Waals surface area contributed by atoms with Gasteiger partial charge in [-0.1, -0.05) is 12.8 Å². The standard InChI is InChI=1S/C8H15N3O3/c1-11(6-4-2-3-5-6)7(12)9-10-8(13)14/h6,10H,2-5H2,1H3,(H,9,12)(H,13,14). The van der Waals surface area contributed by atoms with Crippen molar-refractivity contribution in [1.29, 1.82) is 0 Å². The smallest absolute Gasteiger partial charge is 0.423 e. The lowest BCUT2D eigenvalue weighted by Gasteiger charge is -2.24. The van der Waals surface area contributed by atoms with Gasteiger partial charge in [0.15, 0.2) is 0 Å². The van der Waals surface area contributed by atoms with Crippen LogP contribution in [0, 0.1) is 0 Å². The molecule has 1 saturated carbocycles. The van der Waals surface area contributed by atoms with Crippen molar-refractivity contribution in [3.8, 4) is 0 Å². The normalized spacial score (nSPS) is 16.4. The highest BCUT2D eigenvalue weighted by molar-refractivity contribution is 5.77. The Morgan fingerprint density at radius 2 is 1.86 bits per heavy atom. The van der Waals surface area contributed by atoms with Gasteiger partial charge >= 0.3 is 12.1 Å². The van der Waals surface area contributed by atoms with Gasteiger partial charge < -0.3 is 10.0 Å². The number of urea groups is 1. The lowest BCUT2D eigenvalue weighted by molar-refractivity contribution is 0.171. The van der Waals surface area contributed by atoms with Crippen molar-refractivity contribution < 1.29 is 14.7 Å². The lowest BCUT2D eigenvalue weighted by atomic mass is 10.2. The summed E-state index contributed by atoms with van der Waals surface area (Å²) in [5, 5.41) is 8.27. The summed E-state index contributed by atoms with van der Waals surface area (Å²) in [4.78, 5) is 23.0. The molecule has 3 N–H and O–H groups in total. The van der Waals surface area contributed by atoms with Crippen LogP contribution in [0.1, 0.15) is 25.7 Å². The molecular formula is C8H15N3O3. The SMILES string of the molecule is CN(C(=O)NNC(=O)O)C1CCCC1. The fourth-order valence-corrected chi connectivity index (χ4v) is 1.65. The third kappa shape index (κ3) is 2.79. The molecule has 0 atom stereocenters. The van der Waals surface area contributed by atoms with E-state index >= 15 is 0 Å². The average Bonchev–Trinajstić information content (AvgIpc) is 2.65. The number of nitrogens with one attached hydrogen (secondary N) is 2. The summed E-state index contributed by atoms with van der Waals surface area (Å²) in [6.07, 6.45) is 3.00. The molecule has 0 heterocycles. The van der Waals surface area contributed by atoms with E-state index in [1.165, 1.54) is 0 Å². The minimum absolute atomic E-state index is 0.241. The van der Waals surface area contributed by atoms with Crippen LogP contribution < -0.4 is 10.9 Å². The van der Waals surface area contributed by atoms with E-state index in [0.717, 1.165) is 25.7 Å². The molecule has 6 heteroatoms. The number of amides is 3. The van der Waals surface area contributed by atoms with E-state index in [4.69, 9.17) is 5.11 Å². The van der Waals surface area contributed by atoms with Crippen molar-refractivity contribution in [2.24, 2.45) is 0 Å². The maximum atomic E-state index is 11.3. The van der Waals surface area contributed by atoms with Gasteiger partial charge in [-0.25, -0.2) is 20.4 Å². The van der Waals surface area contributed by atoms with E-state index in [0.29, 0.717) is 0 Å². The molecule has 0 aliphatic heterocycles. The maximum Gasteiger partial charge on any atom is 0.423 e. The largest absolute Gasteiger partial charge is 0.464 e. The van der Waals surface area contributed by atoms with E-state index in [1.54, 1.807) is 11.9 Å². The Kier molecular flexibility index (Phi) is 3.55. The van der Waals surface area contributed by atoms with Crippen molar-refractivity contribution in [1.82, 2.24) is 15.8 Å². The van der Waals surface area contributed by atoms with Crippen LogP contribution in [0.3, 0.4) is 0 Å². The first-order valence-electron chi connectivity index (χ1n) is 4.63. The van der Waals surface area contributed by atoms with Gasteiger partial charge in [0.25, 0.3) is 0 Å². The third-order valence-electron chi connectivity index (χ3n) is 2.47. The molecule has 1 aliphatic carbocycles. The van der Waals surface area contributed by atoms with Crippen molar-refractivity contribution >= 4 is 12.1 Å². The topological polar surface area (TPSA) is 81.7 Å². The minimum Gasteiger partial charge on any atom is -0.464 e. The second-order valence-corrected chi connectivity index (χ2v) is 3.41. The summed E-state index contributed by atoms with van der Waals surface area (Å²) in [6.45, 7) is 0. The number of hydrogen-bond donors (Lipinski definition) is 3. The summed E-state index contributed by atoms with van der Waals surface area (Å²) >= 11 is 0. The molecule has 0 aromatic heterocycles. The molecule has 80 valence electrons. The lowest BCUT2D eigenvalue weighted by Crippen LogP contribution is -2.49. The third-order valence-corrected chi connectivity index (χ3v) is 2.47. The number of carbonyl (C=O) groups excluding carboxylic acids is 1. The molecule has 0 bridgehead atoms. The maximum absolute atomic E-state index is 11.3. The molecule has 1 aliphatic rings. The van der Waals surface area contributed by atoms with E-state index < -0.39 is 12.1 Å². The molecule has 0 spiro atoms. The number of hydrogen-bond acceptors (Lipinski definition) is 2. The molecule has 0 radical (unpaired) electrons. The van der Waals surface area contributed by atoms with Crippen LogP contribution in [-0.2, 0) is 0 Å². The highest BCUT2D eigenvalue weighted by atomic mass is 16.4. The Bertz CT molecular complexity index is 226. The van der Waals surface area contributed by atoms with Gasteiger partial charge in [0.05, 0.1) is 0 Å². The van der Waals surface area contributed by atoms with Crippen LogP contribution in [0.4, 0.5) is 9.59 Å². The van der Waals surface area contributed by atoms with Crippen molar-refractivity contribution in [2.75, 3.05) is 7.05 Å². The van der Waals surface area contributed by atoms with Gasteiger partial charge in [-0.2, -0.15) is 0 Å². The van der Waals surface area contributed by atoms with Gasteiger partial charge in [-0.3, -0.25) is 0 Å². The van der Waals surface area contributed by atoms with Crippen LogP contribution in [0.15, 0.2) is 0 Å². The minimum atomic E-state index is -1.27. The fourth-order valence-electron chi connectivity index (χ4n) is 1.65. The van der Waals surface area contributed by atoms with E-state index in [1.807, 2.05) is 5.43 Å². The first kappa shape index (κ1) is 10.6. The number of hydrazine groups is 1. The second-order valence-electron chi connectivity index (χ2n) is 3.41. The summed E-state index contributed by atoms with van der Waals surface area (Å²) in [6, 6.07) is -0.162. The van der Waals surface area contributed by atoms with Gasteiger partial charge in [-0.15, -0.1) is 0 Å². The van der Waals surface area contributed by atoms with Gasteiger partial charge in [0, 0.05) is 13.1 Å². The Hall–Kier alpha value is -1.46. The zero-order valence-corrected chi connectivity index (χ0v) is 8.12. The molecule has 0 unspecified atom stereocenters. The Labute approximate surface area is 82.2 Å². The molecule has 0 saturated heterocycles. The molecule has 1 fully saturated rings. The summed E-state index contributed by atoms with van der Waals surface area (Å²) < 4.78 is 0. The predicted molar refractivity (Wildman–Crippen MR) is 49.7 cm³/mol. The Morgan fingerprint density at radius 1 is 1.29 bits per heavy atom. The van der Waals surface area contributed by atoms with Gasteiger partial charge in [0.1, 0.15) is 0 Å². The van der Waals surface area contributed by atoms with Crippen LogP contribution >= 0.6 is 0 Å². The van der Waals surface area contributed by atoms with Crippen LogP contribution in [-0.4, -0.2) is 35.2 Å². The number of carbonyl (C=O) groups is 2. The second kappa shape index (κ2) is 4.69. The molecule has 1 rings (SSSR count). The molecule has 0 aromatic carbocycles. The number of rotatable bonds is 1. The van der Waals surface area contributed by atoms with Gasteiger partial charge in [0.2, 0.25) is 0 Å². The molecule has 0 aromatic rings. The quantitative estimate of drug-likeness (QED) is 0.547. The van der Waals surface area contributed by atoms with E-state index in [2.05, 4.69) is 5.43 Å². The first-order valence-corrected chi connectivity index (χ1v) is 4.63. The van der Waals surface area contributed by atoms with Crippen LogP contribution in [0.5, 0.6) is 0 Å². The summed E-state index contributed by atoms with van der Waals surface area (Å²) in [5.74, 6) is 0. The molecule has 3 amide bonds. The monoisotopic (exact) mass is 201 g/mol. The number of carboxylic acid groups (broad SMARTS) is 1. The summed E-state index contributed by atoms with van der Waals surface area (Å²) in [5.41, 5.74) is 3.92.